The minimum absolute atomic E-state index is 0.0384. The molecule has 0 spiro atoms. The molecule has 1 amide bonds. The van der Waals surface area contributed by atoms with E-state index in [1.54, 1.807) is 45.6 Å². The average molecular weight is 396 g/mol. The van der Waals surface area contributed by atoms with E-state index in [-0.39, 0.29) is 25.5 Å². The lowest BCUT2D eigenvalue weighted by molar-refractivity contribution is -0.234. The number of methoxy groups -OCH3 is 4. The molecule has 8 nitrogen and oxygen atoms in total. The molecule has 0 bridgehead atoms. The van der Waals surface area contributed by atoms with Gasteiger partial charge in [-0.05, 0) is 18.9 Å². The molecule has 8 heteroatoms. The fourth-order valence-electron chi connectivity index (χ4n) is 3.67. The summed E-state index contributed by atoms with van der Waals surface area (Å²) in [6, 6.07) is 3.50. The third-order valence-electron chi connectivity index (χ3n) is 5.03. The highest BCUT2D eigenvalue weighted by atomic mass is 16.7. The molecule has 2 rings (SSSR count). The molecule has 1 aromatic heterocycles. The average Bonchev–Trinajstić information content (AvgIpc) is 2.72. The second-order valence-corrected chi connectivity index (χ2v) is 6.85. The number of hydrogen-bond acceptors (Lipinski definition) is 7. The first-order valence-corrected chi connectivity index (χ1v) is 9.53. The summed E-state index contributed by atoms with van der Waals surface area (Å²) >= 11 is 0. The summed E-state index contributed by atoms with van der Waals surface area (Å²) in [5.41, 5.74) is -0.264. The summed E-state index contributed by atoms with van der Waals surface area (Å²) in [6.07, 6.45) is 5.82. The van der Waals surface area contributed by atoms with Crippen molar-refractivity contribution in [3.8, 4) is 5.75 Å². The maximum Gasteiger partial charge on any atom is 0.259 e. The molecule has 28 heavy (non-hydrogen) atoms. The smallest absolute Gasteiger partial charge is 0.259 e. The van der Waals surface area contributed by atoms with Gasteiger partial charge in [-0.2, -0.15) is 0 Å². The van der Waals surface area contributed by atoms with Crippen molar-refractivity contribution in [2.75, 3.05) is 48.6 Å². The van der Waals surface area contributed by atoms with Gasteiger partial charge in [0.15, 0.2) is 5.60 Å². The lowest BCUT2D eigenvalue weighted by atomic mass is 9.76. The van der Waals surface area contributed by atoms with Gasteiger partial charge in [-0.15, -0.1) is 0 Å². The van der Waals surface area contributed by atoms with Crippen LogP contribution in [0.3, 0.4) is 0 Å². The number of unbranched alkanes of at least 4 members (excludes halogenated alkanes) is 2. The number of nitrogens with zero attached hydrogens (tertiary/aromatic N) is 2. The number of rotatable bonds is 14. The third-order valence-corrected chi connectivity index (χ3v) is 5.03. The van der Waals surface area contributed by atoms with Gasteiger partial charge in [-0.25, -0.2) is 0 Å². The molecule has 1 aliphatic rings. The number of likely N-dealkylation sites (tertiary alicyclic amines) is 1. The van der Waals surface area contributed by atoms with E-state index in [9.17, 15) is 4.79 Å². The zero-order valence-electron chi connectivity index (χ0n) is 17.3. The van der Waals surface area contributed by atoms with Crippen LogP contribution in [0.25, 0.3) is 0 Å². The van der Waals surface area contributed by atoms with Gasteiger partial charge in [0.25, 0.3) is 5.91 Å². The van der Waals surface area contributed by atoms with E-state index < -0.39 is 5.60 Å². The molecular formula is C20H32N2O6. The highest BCUT2D eigenvalue weighted by molar-refractivity contribution is 5.93. The molecule has 0 aliphatic carbocycles. The van der Waals surface area contributed by atoms with Crippen molar-refractivity contribution >= 4 is 5.91 Å². The van der Waals surface area contributed by atoms with Crippen LogP contribution in [0.1, 0.15) is 31.4 Å². The minimum Gasteiger partial charge on any atom is -0.497 e. The lowest BCUT2D eigenvalue weighted by Gasteiger charge is -2.55. The fourth-order valence-corrected chi connectivity index (χ4v) is 3.67. The minimum atomic E-state index is -1.00. The van der Waals surface area contributed by atoms with Crippen molar-refractivity contribution in [1.82, 2.24) is 9.88 Å². The largest absolute Gasteiger partial charge is 0.497 e. The van der Waals surface area contributed by atoms with Crippen LogP contribution >= 0.6 is 0 Å². The molecule has 1 saturated heterocycles. The zero-order valence-corrected chi connectivity index (χ0v) is 17.3. The Balaban J connectivity index is 2.19. The van der Waals surface area contributed by atoms with Gasteiger partial charge in [0.05, 0.1) is 13.2 Å². The summed E-state index contributed by atoms with van der Waals surface area (Å²) in [7, 11) is 6.44. The molecule has 1 aromatic rings. The monoisotopic (exact) mass is 396 g/mol. The van der Waals surface area contributed by atoms with E-state index in [0.717, 1.165) is 38.0 Å². The summed E-state index contributed by atoms with van der Waals surface area (Å²) in [5.74, 6) is 0.599. The van der Waals surface area contributed by atoms with E-state index >= 15 is 0 Å². The van der Waals surface area contributed by atoms with Gasteiger partial charge in [0.1, 0.15) is 19.3 Å². The molecule has 2 atom stereocenters. The van der Waals surface area contributed by atoms with Crippen molar-refractivity contribution < 1.29 is 28.5 Å². The van der Waals surface area contributed by atoms with Crippen molar-refractivity contribution in [1.29, 1.82) is 0 Å². The fraction of sp³-hybridized carbons (Fsp3) is 0.700. The van der Waals surface area contributed by atoms with Crippen LogP contribution in [0.15, 0.2) is 18.3 Å². The van der Waals surface area contributed by atoms with E-state index in [4.69, 9.17) is 23.7 Å². The number of ether oxygens (including phenoxy) is 5. The molecule has 0 N–H and O–H groups in total. The summed E-state index contributed by atoms with van der Waals surface area (Å²) in [6.45, 7) is 1.02. The normalized spacial score (nSPS) is 21.6. The Hall–Kier alpha value is -1.74. The first kappa shape index (κ1) is 22.5. The molecule has 1 fully saturated rings. The van der Waals surface area contributed by atoms with Crippen molar-refractivity contribution in [2.45, 2.75) is 43.7 Å². The van der Waals surface area contributed by atoms with Crippen LogP contribution in [0.5, 0.6) is 5.75 Å². The van der Waals surface area contributed by atoms with E-state index in [1.165, 1.54) is 0 Å². The van der Waals surface area contributed by atoms with E-state index in [1.807, 2.05) is 6.07 Å². The molecule has 0 aromatic carbocycles. The predicted octanol–water partition coefficient (Wildman–Crippen LogP) is 2.01. The molecule has 2 heterocycles. The maximum absolute atomic E-state index is 13.1. The van der Waals surface area contributed by atoms with Crippen molar-refractivity contribution in [3.63, 3.8) is 0 Å². The van der Waals surface area contributed by atoms with Crippen LogP contribution < -0.4 is 4.74 Å². The Morgan fingerprint density at radius 1 is 1.11 bits per heavy atom. The number of carbonyl (C=O) groups excluding carboxylic acids is 1. The van der Waals surface area contributed by atoms with Crippen molar-refractivity contribution in [3.05, 3.63) is 24.0 Å². The number of pyridine rings is 1. The summed E-state index contributed by atoms with van der Waals surface area (Å²) in [5, 5.41) is 0. The highest BCUT2D eigenvalue weighted by Crippen LogP contribution is 2.40. The van der Waals surface area contributed by atoms with Crippen LogP contribution in [0.2, 0.25) is 0 Å². The van der Waals surface area contributed by atoms with Gasteiger partial charge in [0, 0.05) is 52.3 Å². The zero-order chi connectivity index (χ0) is 20.4. The van der Waals surface area contributed by atoms with Crippen LogP contribution in [-0.2, 0) is 30.2 Å². The maximum atomic E-state index is 13.1. The molecular weight excluding hydrogens is 364 g/mol. The molecule has 0 unspecified atom stereocenters. The number of carbonyl (C=O) groups is 1. The van der Waals surface area contributed by atoms with Crippen LogP contribution in [-0.4, -0.2) is 76.0 Å². The SMILES string of the molecule is COCCCCC[C@@H]1N(COC)C(=O)[C@]1(Cc1cc(OC)ccn1)OCOC. The Labute approximate surface area is 167 Å². The molecule has 0 radical (unpaired) electrons. The van der Waals surface area contributed by atoms with Crippen molar-refractivity contribution in [2.24, 2.45) is 0 Å². The van der Waals surface area contributed by atoms with Crippen LogP contribution in [0.4, 0.5) is 0 Å². The van der Waals surface area contributed by atoms with Gasteiger partial charge in [-0.3, -0.25) is 9.78 Å². The highest BCUT2D eigenvalue weighted by Gasteiger charge is 2.61. The first-order valence-electron chi connectivity index (χ1n) is 9.53. The first-order chi connectivity index (χ1) is 13.6. The summed E-state index contributed by atoms with van der Waals surface area (Å²) < 4.78 is 26.8. The lowest BCUT2D eigenvalue weighted by Crippen LogP contribution is -2.76. The third kappa shape index (κ3) is 5.20. The van der Waals surface area contributed by atoms with Crippen LogP contribution in [0, 0.1) is 0 Å². The van der Waals surface area contributed by atoms with Gasteiger partial charge >= 0.3 is 0 Å². The molecule has 0 saturated carbocycles. The molecule has 158 valence electrons. The number of hydrogen-bond donors (Lipinski definition) is 0. The Morgan fingerprint density at radius 2 is 1.93 bits per heavy atom. The second-order valence-electron chi connectivity index (χ2n) is 6.85. The summed E-state index contributed by atoms with van der Waals surface area (Å²) in [4.78, 5) is 19.2. The standard InChI is InChI=1S/C20H32N2O6/c1-24-11-7-5-6-8-18-20(28-15-26-3,19(23)22(18)14-25-2)13-16-12-17(27-4)9-10-21-16/h9-10,12,18H,5-8,11,13-15H2,1-4H3/t18-,20+/m0/s1. The number of aromatic nitrogens is 1. The quantitative estimate of drug-likeness (QED) is 0.270. The second kappa shape index (κ2) is 11.3. The number of amides is 1. The Bertz CT molecular complexity index is 614. The Morgan fingerprint density at radius 3 is 2.61 bits per heavy atom. The Kier molecular flexibility index (Phi) is 9.11. The predicted molar refractivity (Wildman–Crippen MR) is 103 cm³/mol. The van der Waals surface area contributed by atoms with Gasteiger partial charge < -0.3 is 28.6 Å². The number of β-lactam (4-membered cyclic amide) rings is 1. The van der Waals surface area contributed by atoms with Gasteiger partial charge in [0.2, 0.25) is 0 Å². The van der Waals surface area contributed by atoms with E-state index in [0.29, 0.717) is 12.2 Å². The van der Waals surface area contributed by atoms with Gasteiger partial charge in [-0.1, -0.05) is 12.8 Å². The molecule has 1 aliphatic heterocycles. The topological polar surface area (TPSA) is 79.4 Å². The van der Waals surface area contributed by atoms with E-state index in [2.05, 4.69) is 4.98 Å².